The Morgan fingerprint density at radius 2 is 2.05 bits per heavy atom. The summed E-state index contributed by atoms with van der Waals surface area (Å²) in [6.07, 6.45) is 2.80. The van der Waals surface area contributed by atoms with Crippen molar-refractivity contribution in [3.8, 4) is 5.75 Å². The second-order valence-electron chi connectivity index (χ2n) is 6.06. The molecule has 19 heavy (non-hydrogen) atoms. The average molecular weight is 285 g/mol. The van der Waals surface area contributed by atoms with Crippen LogP contribution in [-0.2, 0) is 0 Å². The smallest absolute Gasteiger partial charge is 0.169 e. The molecule has 108 valence electrons. The van der Waals surface area contributed by atoms with Crippen LogP contribution in [0.4, 0.5) is 5.82 Å². The van der Waals surface area contributed by atoms with Crippen LogP contribution in [0.2, 0.25) is 0 Å². The van der Waals surface area contributed by atoms with Crippen molar-refractivity contribution >= 4 is 17.4 Å². The van der Waals surface area contributed by atoms with E-state index in [1.165, 1.54) is 0 Å². The number of rotatable bonds is 6. The number of nitrogens with zero attached hydrogens (tertiary/aromatic N) is 1. The molecule has 0 aliphatic heterocycles. The van der Waals surface area contributed by atoms with E-state index >= 15 is 0 Å². The van der Waals surface area contributed by atoms with Crippen LogP contribution in [0.5, 0.6) is 5.75 Å². The van der Waals surface area contributed by atoms with Crippen molar-refractivity contribution in [2.24, 2.45) is 5.41 Å². The maximum absolute atomic E-state index is 5.90. The quantitative estimate of drug-likeness (QED) is 0.790. The van der Waals surface area contributed by atoms with Crippen molar-refractivity contribution in [1.82, 2.24) is 4.98 Å². The molecule has 1 aromatic heterocycles. The Morgan fingerprint density at radius 3 is 2.58 bits per heavy atom. The van der Waals surface area contributed by atoms with Crippen molar-refractivity contribution in [2.45, 2.75) is 53.2 Å². The molecule has 0 spiro atoms. The topological polar surface area (TPSA) is 34.1 Å². The van der Waals surface area contributed by atoms with Crippen molar-refractivity contribution < 1.29 is 4.74 Å². The molecule has 1 rings (SSSR count). The second-order valence-corrected chi connectivity index (χ2v) is 6.44. The summed E-state index contributed by atoms with van der Waals surface area (Å²) >= 11 is 5.90. The molecule has 0 aromatic carbocycles. The fourth-order valence-electron chi connectivity index (χ4n) is 1.84. The summed E-state index contributed by atoms with van der Waals surface area (Å²) in [4.78, 5) is 4.39. The Kier molecular flexibility index (Phi) is 5.92. The highest BCUT2D eigenvalue weighted by Crippen LogP contribution is 2.29. The van der Waals surface area contributed by atoms with Crippen LogP contribution in [-0.4, -0.2) is 23.0 Å². The lowest BCUT2D eigenvalue weighted by Gasteiger charge is -2.32. The van der Waals surface area contributed by atoms with Gasteiger partial charge in [-0.05, 0) is 37.8 Å². The van der Waals surface area contributed by atoms with Gasteiger partial charge in [0.25, 0.3) is 0 Å². The third kappa shape index (κ3) is 5.27. The van der Waals surface area contributed by atoms with E-state index in [1.54, 1.807) is 6.20 Å². The van der Waals surface area contributed by atoms with E-state index in [9.17, 15) is 0 Å². The number of ether oxygens (including phenoxy) is 1. The summed E-state index contributed by atoms with van der Waals surface area (Å²) in [6.45, 7) is 10.6. The number of hydrogen-bond acceptors (Lipinski definition) is 3. The summed E-state index contributed by atoms with van der Waals surface area (Å²) in [6, 6.07) is 4.08. The van der Waals surface area contributed by atoms with E-state index in [0.29, 0.717) is 5.88 Å². The molecule has 4 heteroatoms. The molecule has 0 radical (unpaired) electrons. The number of pyridine rings is 1. The molecular formula is C15H25ClN2O. The first-order chi connectivity index (χ1) is 8.84. The summed E-state index contributed by atoms with van der Waals surface area (Å²) in [5.74, 6) is 2.21. The first-order valence-corrected chi connectivity index (χ1v) is 7.32. The predicted molar refractivity (Wildman–Crippen MR) is 82.2 cm³/mol. The minimum atomic E-state index is 0.113. The van der Waals surface area contributed by atoms with E-state index in [2.05, 4.69) is 31.1 Å². The van der Waals surface area contributed by atoms with Crippen LogP contribution in [0.15, 0.2) is 18.3 Å². The molecule has 0 amide bonds. The highest BCUT2D eigenvalue weighted by molar-refractivity contribution is 6.17. The Balaban J connectivity index is 2.90. The Labute approximate surface area is 121 Å². The van der Waals surface area contributed by atoms with Crippen molar-refractivity contribution in [2.75, 3.05) is 11.2 Å². The average Bonchev–Trinajstić information content (AvgIpc) is 2.29. The minimum Gasteiger partial charge on any atom is -0.487 e. The van der Waals surface area contributed by atoms with Gasteiger partial charge in [0, 0.05) is 18.1 Å². The first-order valence-electron chi connectivity index (χ1n) is 6.78. The third-order valence-corrected chi connectivity index (χ3v) is 3.11. The zero-order valence-corrected chi connectivity index (χ0v) is 13.3. The normalized spacial score (nSPS) is 13.4. The largest absolute Gasteiger partial charge is 0.487 e. The molecule has 1 unspecified atom stereocenters. The maximum Gasteiger partial charge on any atom is 0.169 e. The molecule has 0 fully saturated rings. The van der Waals surface area contributed by atoms with Gasteiger partial charge >= 0.3 is 0 Å². The molecule has 0 saturated heterocycles. The van der Waals surface area contributed by atoms with Crippen LogP contribution in [0.25, 0.3) is 0 Å². The standard InChI is InChI=1S/C15H25ClN2O/c1-11(2)19-12-7-6-10-17-14(12)18-13(8-9-16)15(3,4)5/h6-7,10-11,13H,8-9H2,1-5H3,(H,17,18). The summed E-state index contributed by atoms with van der Waals surface area (Å²) in [5, 5.41) is 3.47. The Bertz CT molecular complexity index is 388. The summed E-state index contributed by atoms with van der Waals surface area (Å²) < 4.78 is 5.78. The molecule has 0 aliphatic carbocycles. The first kappa shape index (κ1) is 16.1. The highest BCUT2D eigenvalue weighted by Gasteiger charge is 2.25. The van der Waals surface area contributed by atoms with E-state index in [-0.39, 0.29) is 17.6 Å². The zero-order valence-electron chi connectivity index (χ0n) is 12.5. The molecule has 1 heterocycles. The molecule has 1 N–H and O–H groups in total. The van der Waals surface area contributed by atoms with Crippen LogP contribution in [0.3, 0.4) is 0 Å². The number of nitrogens with one attached hydrogen (secondary N) is 1. The predicted octanol–water partition coefficient (Wildman–Crippen LogP) is 4.32. The van der Waals surface area contributed by atoms with E-state index in [1.807, 2.05) is 26.0 Å². The number of aromatic nitrogens is 1. The number of alkyl halides is 1. The van der Waals surface area contributed by atoms with Gasteiger partial charge in [-0.3, -0.25) is 0 Å². The lowest BCUT2D eigenvalue weighted by atomic mass is 9.85. The van der Waals surface area contributed by atoms with Gasteiger partial charge in [0.2, 0.25) is 0 Å². The SMILES string of the molecule is CC(C)Oc1cccnc1NC(CCCl)C(C)(C)C. The molecule has 3 nitrogen and oxygen atoms in total. The fourth-order valence-corrected chi connectivity index (χ4v) is 2.06. The third-order valence-electron chi connectivity index (χ3n) is 2.89. The van der Waals surface area contributed by atoms with Gasteiger partial charge < -0.3 is 10.1 Å². The van der Waals surface area contributed by atoms with Crippen LogP contribution in [0, 0.1) is 5.41 Å². The van der Waals surface area contributed by atoms with Crippen molar-refractivity contribution in [1.29, 1.82) is 0 Å². The van der Waals surface area contributed by atoms with Crippen LogP contribution >= 0.6 is 11.6 Å². The van der Waals surface area contributed by atoms with E-state index in [0.717, 1.165) is 18.0 Å². The van der Waals surface area contributed by atoms with E-state index < -0.39 is 0 Å². The number of anilines is 1. The van der Waals surface area contributed by atoms with Gasteiger partial charge in [-0.25, -0.2) is 4.98 Å². The maximum atomic E-state index is 5.90. The number of hydrogen-bond donors (Lipinski definition) is 1. The summed E-state index contributed by atoms with van der Waals surface area (Å²) in [5.41, 5.74) is 0.113. The Hall–Kier alpha value is -0.960. The minimum absolute atomic E-state index is 0.113. The molecular weight excluding hydrogens is 260 g/mol. The lowest BCUT2D eigenvalue weighted by molar-refractivity contribution is 0.242. The lowest BCUT2D eigenvalue weighted by Crippen LogP contribution is -2.35. The van der Waals surface area contributed by atoms with Gasteiger partial charge in [-0.2, -0.15) is 0 Å². The molecule has 0 saturated carbocycles. The number of halogens is 1. The molecule has 1 atom stereocenters. The molecule has 0 bridgehead atoms. The van der Waals surface area contributed by atoms with Gasteiger partial charge in [-0.15, -0.1) is 11.6 Å². The fraction of sp³-hybridized carbons (Fsp3) is 0.667. The van der Waals surface area contributed by atoms with Crippen LogP contribution < -0.4 is 10.1 Å². The van der Waals surface area contributed by atoms with Crippen molar-refractivity contribution in [3.63, 3.8) is 0 Å². The van der Waals surface area contributed by atoms with Gasteiger partial charge in [0.1, 0.15) is 0 Å². The molecule has 1 aromatic rings. The molecule has 0 aliphatic rings. The second kappa shape index (κ2) is 6.99. The highest BCUT2D eigenvalue weighted by atomic mass is 35.5. The van der Waals surface area contributed by atoms with Gasteiger partial charge in [0.15, 0.2) is 11.6 Å². The van der Waals surface area contributed by atoms with Crippen LogP contribution in [0.1, 0.15) is 41.0 Å². The van der Waals surface area contributed by atoms with Gasteiger partial charge in [-0.1, -0.05) is 20.8 Å². The summed E-state index contributed by atoms with van der Waals surface area (Å²) in [7, 11) is 0. The monoisotopic (exact) mass is 284 g/mol. The van der Waals surface area contributed by atoms with E-state index in [4.69, 9.17) is 16.3 Å². The van der Waals surface area contributed by atoms with Gasteiger partial charge in [0.05, 0.1) is 6.10 Å². The Morgan fingerprint density at radius 1 is 1.37 bits per heavy atom. The zero-order chi connectivity index (χ0) is 14.5. The van der Waals surface area contributed by atoms with Crippen molar-refractivity contribution in [3.05, 3.63) is 18.3 Å².